The number of halogens is 1. The molecule has 3 rings (SSSR count). The Morgan fingerprint density at radius 2 is 2.10 bits per heavy atom. The van der Waals surface area contributed by atoms with Crippen molar-refractivity contribution in [1.29, 1.82) is 0 Å². The summed E-state index contributed by atoms with van der Waals surface area (Å²) in [5, 5.41) is 4.06. The average molecular weight is 337 g/mol. The van der Waals surface area contributed by atoms with E-state index >= 15 is 0 Å². The van der Waals surface area contributed by atoms with E-state index in [-0.39, 0.29) is 5.41 Å². The second-order valence-electron chi connectivity index (χ2n) is 5.07. The molecule has 0 saturated carbocycles. The van der Waals surface area contributed by atoms with Crippen molar-refractivity contribution in [2.45, 2.75) is 31.6 Å². The molecule has 1 aliphatic rings. The van der Waals surface area contributed by atoms with Gasteiger partial charge < -0.3 is 9.26 Å². The Morgan fingerprint density at radius 1 is 1.30 bits per heavy atom. The molecule has 0 unspecified atom stereocenters. The van der Waals surface area contributed by atoms with E-state index in [4.69, 9.17) is 9.26 Å². The van der Waals surface area contributed by atoms with Crippen molar-refractivity contribution in [1.82, 2.24) is 10.1 Å². The summed E-state index contributed by atoms with van der Waals surface area (Å²) >= 11 is 3.55. The molecule has 1 saturated heterocycles. The topological polar surface area (TPSA) is 48.2 Å². The van der Waals surface area contributed by atoms with Crippen LogP contribution in [0.5, 0.6) is 0 Å². The lowest BCUT2D eigenvalue weighted by Gasteiger charge is -2.34. The summed E-state index contributed by atoms with van der Waals surface area (Å²) in [6.45, 7) is 3.47. The lowest BCUT2D eigenvalue weighted by atomic mass is 9.74. The fourth-order valence-electron chi connectivity index (χ4n) is 2.72. The van der Waals surface area contributed by atoms with Crippen LogP contribution >= 0.6 is 15.9 Å². The minimum absolute atomic E-state index is 0.220. The third-order valence-corrected chi connectivity index (χ3v) is 4.41. The van der Waals surface area contributed by atoms with Crippen molar-refractivity contribution in [3.63, 3.8) is 0 Å². The first kappa shape index (κ1) is 13.8. The van der Waals surface area contributed by atoms with Crippen LogP contribution in [0.1, 0.15) is 37.0 Å². The molecule has 1 aliphatic heterocycles. The molecule has 0 radical (unpaired) electrons. The summed E-state index contributed by atoms with van der Waals surface area (Å²) in [6.07, 6.45) is 2.53. The molecule has 4 nitrogen and oxygen atoms in total. The second-order valence-corrected chi connectivity index (χ2v) is 5.99. The summed E-state index contributed by atoms with van der Waals surface area (Å²) in [6, 6.07) is 8.35. The number of rotatable bonds is 3. The van der Waals surface area contributed by atoms with Crippen molar-refractivity contribution in [2.75, 3.05) is 13.2 Å². The van der Waals surface area contributed by atoms with Gasteiger partial charge in [-0.05, 0) is 30.5 Å². The molecule has 20 heavy (non-hydrogen) atoms. The van der Waals surface area contributed by atoms with Crippen LogP contribution in [0, 0.1) is 0 Å². The zero-order valence-corrected chi connectivity index (χ0v) is 13.0. The zero-order chi connectivity index (χ0) is 14.0. The first-order chi connectivity index (χ1) is 9.74. The van der Waals surface area contributed by atoms with Crippen molar-refractivity contribution in [2.24, 2.45) is 0 Å². The van der Waals surface area contributed by atoms with Gasteiger partial charge in [-0.15, -0.1) is 0 Å². The van der Waals surface area contributed by atoms with E-state index < -0.39 is 0 Å². The summed E-state index contributed by atoms with van der Waals surface area (Å²) < 4.78 is 12.2. The average Bonchev–Trinajstić information content (AvgIpc) is 2.97. The van der Waals surface area contributed by atoms with Crippen molar-refractivity contribution >= 4 is 15.9 Å². The van der Waals surface area contributed by atoms with E-state index in [0.29, 0.717) is 0 Å². The first-order valence-corrected chi connectivity index (χ1v) is 7.71. The van der Waals surface area contributed by atoms with E-state index in [1.807, 2.05) is 19.1 Å². The molecule has 0 amide bonds. The molecule has 1 aromatic carbocycles. The Labute approximate surface area is 126 Å². The van der Waals surface area contributed by atoms with Crippen LogP contribution in [0.3, 0.4) is 0 Å². The van der Waals surface area contributed by atoms with Gasteiger partial charge in [-0.3, -0.25) is 0 Å². The predicted molar refractivity (Wildman–Crippen MR) is 78.7 cm³/mol. The SMILES string of the molecule is CCc1noc(C2(c3cccc(Br)c3)CCOCC2)n1. The third-order valence-electron chi connectivity index (χ3n) is 3.92. The highest BCUT2D eigenvalue weighted by Gasteiger charge is 2.41. The smallest absolute Gasteiger partial charge is 0.237 e. The van der Waals surface area contributed by atoms with Gasteiger partial charge in [0, 0.05) is 24.1 Å². The van der Waals surface area contributed by atoms with Crippen molar-refractivity contribution in [3.8, 4) is 0 Å². The molecule has 2 heterocycles. The molecule has 0 aliphatic carbocycles. The maximum absolute atomic E-state index is 5.56. The Balaban J connectivity index is 2.08. The quantitative estimate of drug-likeness (QED) is 0.860. The van der Waals surface area contributed by atoms with Gasteiger partial charge in [-0.1, -0.05) is 40.1 Å². The van der Waals surface area contributed by atoms with Crippen LogP contribution in [0.4, 0.5) is 0 Å². The molecule has 0 atom stereocenters. The Bertz CT molecular complexity index is 591. The highest BCUT2D eigenvalue weighted by molar-refractivity contribution is 9.10. The predicted octanol–water partition coefficient (Wildman–Crippen LogP) is 3.49. The number of hydrogen-bond acceptors (Lipinski definition) is 4. The molecule has 1 aromatic heterocycles. The molecule has 0 N–H and O–H groups in total. The zero-order valence-electron chi connectivity index (χ0n) is 11.4. The van der Waals surface area contributed by atoms with E-state index in [1.54, 1.807) is 0 Å². The lowest BCUT2D eigenvalue weighted by molar-refractivity contribution is 0.0523. The summed E-state index contributed by atoms with van der Waals surface area (Å²) in [5.41, 5.74) is 0.990. The van der Waals surface area contributed by atoms with Crippen LogP contribution in [0.25, 0.3) is 0 Å². The monoisotopic (exact) mass is 336 g/mol. The van der Waals surface area contributed by atoms with Crippen molar-refractivity contribution < 1.29 is 9.26 Å². The van der Waals surface area contributed by atoms with Crippen LogP contribution in [-0.2, 0) is 16.6 Å². The largest absolute Gasteiger partial charge is 0.381 e. The molecule has 0 bridgehead atoms. The molecule has 5 heteroatoms. The minimum atomic E-state index is -0.220. The Hall–Kier alpha value is -1.20. The van der Waals surface area contributed by atoms with Crippen LogP contribution in [0.15, 0.2) is 33.3 Å². The van der Waals surface area contributed by atoms with Gasteiger partial charge in [0.2, 0.25) is 5.89 Å². The number of nitrogens with zero attached hydrogens (tertiary/aromatic N) is 2. The van der Waals surface area contributed by atoms with Gasteiger partial charge in [0.1, 0.15) is 0 Å². The number of hydrogen-bond donors (Lipinski definition) is 0. The molecule has 106 valence electrons. The van der Waals surface area contributed by atoms with E-state index in [0.717, 1.165) is 48.7 Å². The summed E-state index contributed by atoms with van der Waals surface area (Å²) in [4.78, 5) is 4.58. The maximum atomic E-state index is 5.56. The van der Waals surface area contributed by atoms with Gasteiger partial charge in [-0.25, -0.2) is 0 Å². The van der Waals surface area contributed by atoms with Gasteiger partial charge in [0.05, 0.1) is 5.41 Å². The number of aromatic nitrogens is 2. The Morgan fingerprint density at radius 3 is 2.75 bits per heavy atom. The molecule has 0 spiro atoms. The highest BCUT2D eigenvalue weighted by Crippen LogP contribution is 2.41. The van der Waals surface area contributed by atoms with Crippen LogP contribution in [-0.4, -0.2) is 23.4 Å². The standard InChI is InChI=1S/C15H17BrN2O2/c1-2-13-17-14(20-18-13)15(6-8-19-9-7-15)11-4-3-5-12(16)10-11/h3-5,10H,2,6-9H2,1H3. The first-order valence-electron chi connectivity index (χ1n) is 6.91. The normalized spacial score (nSPS) is 18.1. The number of benzene rings is 1. The second kappa shape index (κ2) is 5.66. The number of ether oxygens (including phenoxy) is 1. The summed E-state index contributed by atoms with van der Waals surface area (Å²) in [5.74, 6) is 1.48. The summed E-state index contributed by atoms with van der Waals surface area (Å²) in [7, 11) is 0. The van der Waals surface area contributed by atoms with Crippen LogP contribution < -0.4 is 0 Å². The van der Waals surface area contributed by atoms with E-state index in [9.17, 15) is 0 Å². The molecular formula is C15H17BrN2O2. The fraction of sp³-hybridized carbons (Fsp3) is 0.467. The van der Waals surface area contributed by atoms with Crippen LogP contribution in [0.2, 0.25) is 0 Å². The maximum Gasteiger partial charge on any atom is 0.237 e. The van der Waals surface area contributed by atoms with Gasteiger partial charge in [0.15, 0.2) is 5.82 Å². The molecule has 2 aromatic rings. The lowest BCUT2D eigenvalue weighted by Crippen LogP contribution is -2.35. The highest BCUT2D eigenvalue weighted by atomic mass is 79.9. The Kier molecular flexibility index (Phi) is 3.89. The van der Waals surface area contributed by atoms with Gasteiger partial charge in [-0.2, -0.15) is 4.98 Å². The number of aryl methyl sites for hydroxylation is 1. The molecule has 1 fully saturated rings. The minimum Gasteiger partial charge on any atom is -0.381 e. The fourth-order valence-corrected chi connectivity index (χ4v) is 3.12. The molecular weight excluding hydrogens is 320 g/mol. The van der Waals surface area contributed by atoms with Crippen molar-refractivity contribution in [3.05, 3.63) is 46.0 Å². The van der Waals surface area contributed by atoms with Gasteiger partial charge >= 0.3 is 0 Å². The van der Waals surface area contributed by atoms with E-state index in [2.05, 4.69) is 38.2 Å². The van der Waals surface area contributed by atoms with Gasteiger partial charge in [0.25, 0.3) is 0 Å². The van der Waals surface area contributed by atoms with E-state index in [1.165, 1.54) is 5.56 Å². The third kappa shape index (κ3) is 2.40.